The molecule has 0 aliphatic rings. The van der Waals surface area contributed by atoms with Crippen molar-refractivity contribution in [1.29, 1.82) is 0 Å². The van der Waals surface area contributed by atoms with Crippen LogP contribution in [-0.2, 0) is 6.42 Å². The van der Waals surface area contributed by atoms with Gasteiger partial charge in [-0.1, -0.05) is 23.5 Å². The van der Waals surface area contributed by atoms with Crippen LogP contribution in [0.15, 0.2) is 79.3 Å². The lowest BCUT2D eigenvalue weighted by molar-refractivity contribution is 0.0954. The van der Waals surface area contributed by atoms with Gasteiger partial charge in [-0.2, -0.15) is 5.10 Å². The fourth-order valence-electron chi connectivity index (χ4n) is 3.31. The zero-order chi connectivity index (χ0) is 21.9. The van der Waals surface area contributed by atoms with Crippen LogP contribution in [0.25, 0.3) is 26.8 Å². The molecule has 0 radical (unpaired) electrons. The molecule has 1 N–H and O–H groups in total. The number of carbonyl (C=O) groups excluding carboxylic acids is 1. The molecule has 5 rings (SSSR count). The Morgan fingerprint density at radius 1 is 0.969 bits per heavy atom. The second-order valence-electron chi connectivity index (χ2n) is 7.21. The van der Waals surface area contributed by atoms with Crippen molar-refractivity contribution in [2.24, 2.45) is 0 Å². The van der Waals surface area contributed by atoms with Crippen molar-refractivity contribution in [2.75, 3.05) is 6.54 Å². The summed E-state index contributed by atoms with van der Waals surface area (Å²) in [5, 5.41) is 8.34. The van der Waals surface area contributed by atoms with Gasteiger partial charge in [0.25, 0.3) is 5.91 Å². The first-order valence-corrected chi connectivity index (χ1v) is 10.9. The van der Waals surface area contributed by atoms with Crippen molar-refractivity contribution in [2.45, 2.75) is 6.42 Å². The van der Waals surface area contributed by atoms with Crippen LogP contribution in [-0.4, -0.2) is 32.0 Å². The molecular formula is C24H18FN5OS. The zero-order valence-corrected chi connectivity index (χ0v) is 17.7. The van der Waals surface area contributed by atoms with Crippen LogP contribution in [0.2, 0.25) is 0 Å². The number of carbonyl (C=O) groups is 1. The van der Waals surface area contributed by atoms with Gasteiger partial charge in [-0.3, -0.25) is 9.78 Å². The average Bonchev–Trinajstić information content (AvgIpc) is 3.40. The fourth-order valence-corrected chi connectivity index (χ4v) is 4.20. The number of benzene rings is 2. The van der Waals surface area contributed by atoms with Gasteiger partial charge in [-0.15, -0.1) is 0 Å². The Kier molecular flexibility index (Phi) is 5.43. The van der Waals surface area contributed by atoms with Crippen LogP contribution in [0.1, 0.15) is 15.9 Å². The maximum Gasteiger partial charge on any atom is 0.251 e. The Balaban J connectivity index is 1.25. The quantitative estimate of drug-likeness (QED) is 0.415. The van der Waals surface area contributed by atoms with Crippen LogP contribution in [0.5, 0.6) is 0 Å². The number of fused-ring (bicyclic) bond motifs is 1. The summed E-state index contributed by atoms with van der Waals surface area (Å²) in [4.78, 5) is 21.7. The third-order valence-electron chi connectivity index (χ3n) is 5.03. The molecule has 2 aromatic carbocycles. The summed E-state index contributed by atoms with van der Waals surface area (Å²) in [6.45, 7) is 0.560. The van der Waals surface area contributed by atoms with Crippen molar-refractivity contribution in [3.05, 3.63) is 96.2 Å². The van der Waals surface area contributed by atoms with Crippen molar-refractivity contribution < 1.29 is 9.18 Å². The Hall–Kier alpha value is -3.91. The van der Waals surface area contributed by atoms with Crippen LogP contribution in [0.3, 0.4) is 0 Å². The smallest absolute Gasteiger partial charge is 0.251 e. The number of nitrogens with zero attached hydrogens (tertiary/aromatic N) is 4. The van der Waals surface area contributed by atoms with Gasteiger partial charge in [0, 0.05) is 35.6 Å². The maximum absolute atomic E-state index is 13.1. The van der Waals surface area contributed by atoms with Crippen molar-refractivity contribution in [3.8, 4) is 21.8 Å². The van der Waals surface area contributed by atoms with E-state index < -0.39 is 0 Å². The molecule has 0 saturated heterocycles. The predicted molar refractivity (Wildman–Crippen MR) is 122 cm³/mol. The number of amides is 1. The molecule has 3 aromatic heterocycles. The summed E-state index contributed by atoms with van der Waals surface area (Å²) in [5.41, 5.74) is 4.23. The van der Waals surface area contributed by atoms with E-state index in [4.69, 9.17) is 0 Å². The van der Waals surface area contributed by atoms with Gasteiger partial charge in [0.05, 0.1) is 11.9 Å². The Labute approximate surface area is 187 Å². The lowest BCUT2D eigenvalue weighted by Gasteiger charge is -2.06. The minimum atomic E-state index is -0.277. The first-order valence-electron chi connectivity index (χ1n) is 10.1. The highest BCUT2D eigenvalue weighted by atomic mass is 32.1. The molecule has 0 spiro atoms. The first-order chi connectivity index (χ1) is 15.7. The topological polar surface area (TPSA) is 72.2 Å². The van der Waals surface area contributed by atoms with Crippen LogP contribution < -0.4 is 5.32 Å². The first kappa shape index (κ1) is 20.0. The Morgan fingerprint density at radius 3 is 2.41 bits per heavy atom. The SMILES string of the molecule is O=C(NCCc1ccncc1)c1ccc(-c2nn3cc(-c4ccc(F)cc4)nc3s2)cc1. The van der Waals surface area contributed by atoms with E-state index in [2.05, 4.69) is 20.4 Å². The molecule has 0 aliphatic carbocycles. The summed E-state index contributed by atoms with van der Waals surface area (Å²) >= 11 is 1.46. The second-order valence-corrected chi connectivity index (χ2v) is 8.16. The second kappa shape index (κ2) is 8.68. The molecule has 1 amide bonds. The van der Waals surface area contributed by atoms with E-state index in [1.807, 2.05) is 30.5 Å². The highest BCUT2D eigenvalue weighted by molar-refractivity contribution is 7.19. The van der Waals surface area contributed by atoms with E-state index in [1.165, 1.54) is 23.5 Å². The fraction of sp³-hybridized carbons (Fsp3) is 0.0833. The van der Waals surface area contributed by atoms with Gasteiger partial charge in [-0.05, 0) is 60.5 Å². The van der Waals surface area contributed by atoms with E-state index in [0.717, 1.165) is 38.8 Å². The summed E-state index contributed by atoms with van der Waals surface area (Å²) in [6.07, 6.45) is 6.07. The number of rotatable bonds is 6. The summed E-state index contributed by atoms with van der Waals surface area (Å²) in [5.74, 6) is -0.385. The summed E-state index contributed by atoms with van der Waals surface area (Å²) in [6, 6.07) is 17.5. The van der Waals surface area contributed by atoms with Gasteiger partial charge in [0.1, 0.15) is 10.8 Å². The molecule has 0 atom stereocenters. The molecular weight excluding hydrogens is 425 g/mol. The van der Waals surface area contributed by atoms with E-state index >= 15 is 0 Å². The van der Waals surface area contributed by atoms with Crippen LogP contribution >= 0.6 is 11.3 Å². The highest BCUT2D eigenvalue weighted by Gasteiger charge is 2.12. The number of hydrogen-bond donors (Lipinski definition) is 1. The number of pyridine rings is 1. The maximum atomic E-state index is 13.1. The average molecular weight is 444 g/mol. The lowest BCUT2D eigenvalue weighted by atomic mass is 10.1. The largest absolute Gasteiger partial charge is 0.352 e. The number of nitrogens with one attached hydrogen (secondary N) is 1. The van der Waals surface area contributed by atoms with Crippen LogP contribution in [0.4, 0.5) is 4.39 Å². The van der Waals surface area contributed by atoms with Gasteiger partial charge in [-0.25, -0.2) is 13.9 Å². The van der Waals surface area contributed by atoms with Crippen molar-refractivity contribution >= 4 is 22.2 Å². The third kappa shape index (κ3) is 4.26. The van der Waals surface area contributed by atoms with Crippen molar-refractivity contribution in [1.82, 2.24) is 24.9 Å². The molecule has 32 heavy (non-hydrogen) atoms. The molecule has 8 heteroatoms. The molecule has 0 fully saturated rings. The van der Waals surface area contributed by atoms with Gasteiger partial charge in [0.2, 0.25) is 4.96 Å². The molecule has 3 heterocycles. The van der Waals surface area contributed by atoms with E-state index in [1.54, 1.807) is 41.2 Å². The lowest BCUT2D eigenvalue weighted by Crippen LogP contribution is -2.25. The standard InChI is InChI=1S/C24H18FN5OS/c25-20-7-5-17(6-8-20)21-15-30-24(28-21)32-23(29-30)19-3-1-18(2-4-19)22(31)27-14-11-16-9-12-26-13-10-16/h1-10,12-13,15H,11,14H2,(H,27,31). The minimum Gasteiger partial charge on any atom is -0.352 e. The zero-order valence-electron chi connectivity index (χ0n) is 16.9. The molecule has 158 valence electrons. The molecule has 6 nitrogen and oxygen atoms in total. The number of aromatic nitrogens is 4. The number of halogens is 1. The normalized spacial score (nSPS) is 11.0. The van der Waals surface area contributed by atoms with E-state index in [0.29, 0.717) is 12.1 Å². The monoisotopic (exact) mass is 443 g/mol. The minimum absolute atomic E-state index is 0.108. The Morgan fingerprint density at radius 2 is 1.69 bits per heavy atom. The van der Waals surface area contributed by atoms with Crippen LogP contribution in [0, 0.1) is 5.82 Å². The molecule has 5 aromatic rings. The van der Waals surface area contributed by atoms with Gasteiger partial charge < -0.3 is 5.32 Å². The molecule has 0 bridgehead atoms. The summed E-state index contributed by atoms with van der Waals surface area (Å²) < 4.78 is 14.9. The highest BCUT2D eigenvalue weighted by Crippen LogP contribution is 2.28. The van der Waals surface area contributed by atoms with Crippen molar-refractivity contribution in [3.63, 3.8) is 0 Å². The molecule has 0 unspecified atom stereocenters. The van der Waals surface area contributed by atoms with Gasteiger partial charge in [0.15, 0.2) is 0 Å². The predicted octanol–water partition coefficient (Wildman–Crippen LogP) is 4.63. The summed E-state index contributed by atoms with van der Waals surface area (Å²) in [7, 11) is 0. The van der Waals surface area contributed by atoms with Gasteiger partial charge >= 0.3 is 0 Å². The molecule has 0 saturated carbocycles. The van der Waals surface area contributed by atoms with E-state index in [-0.39, 0.29) is 11.7 Å². The Bertz CT molecular complexity index is 1330. The third-order valence-corrected chi connectivity index (χ3v) is 6.00. The van der Waals surface area contributed by atoms with E-state index in [9.17, 15) is 9.18 Å². The number of imidazole rings is 1. The number of hydrogen-bond acceptors (Lipinski definition) is 5. The molecule has 0 aliphatic heterocycles.